The van der Waals surface area contributed by atoms with Gasteiger partial charge in [0.05, 0.1) is 12.7 Å². The minimum atomic E-state index is -0.321. The Morgan fingerprint density at radius 3 is 3.07 bits per heavy atom. The van der Waals surface area contributed by atoms with E-state index in [1.165, 1.54) is 6.42 Å². The molecule has 0 aromatic rings. The van der Waals surface area contributed by atoms with Crippen LogP contribution in [0, 0.1) is 23.2 Å². The van der Waals surface area contributed by atoms with E-state index in [0.717, 1.165) is 12.8 Å². The van der Waals surface area contributed by atoms with E-state index in [0.29, 0.717) is 25.0 Å². The number of rotatable bonds is 1. The molecule has 4 heteroatoms. The van der Waals surface area contributed by atoms with Gasteiger partial charge in [0.15, 0.2) is 0 Å². The van der Waals surface area contributed by atoms with Crippen molar-refractivity contribution in [1.82, 2.24) is 4.90 Å². The van der Waals surface area contributed by atoms with E-state index in [9.17, 15) is 4.79 Å². The summed E-state index contributed by atoms with van der Waals surface area (Å²) < 4.78 is 4.96. The van der Waals surface area contributed by atoms with Crippen molar-refractivity contribution in [3.63, 3.8) is 0 Å². The standard InChI is InChI=1S/C11H16N2O2/c1-2-15-11(14)13-7-8-4-3-5-9(8)10(13)6-12/h8-10H,2-5,7H2,1H3/t8-,9+,10-/m0/s1. The average Bonchev–Trinajstić information content (AvgIpc) is 2.76. The summed E-state index contributed by atoms with van der Waals surface area (Å²) in [5.74, 6) is 0.915. The summed E-state index contributed by atoms with van der Waals surface area (Å²) in [6, 6.07) is 2.00. The van der Waals surface area contributed by atoms with E-state index in [-0.39, 0.29) is 12.1 Å². The van der Waals surface area contributed by atoms with Gasteiger partial charge in [0.25, 0.3) is 0 Å². The second-order valence-corrected chi connectivity index (χ2v) is 4.28. The smallest absolute Gasteiger partial charge is 0.410 e. The molecule has 0 aromatic carbocycles. The number of hydrogen-bond acceptors (Lipinski definition) is 3. The van der Waals surface area contributed by atoms with E-state index < -0.39 is 0 Å². The van der Waals surface area contributed by atoms with Crippen LogP contribution >= 0.6 is 0 Å². The predicted molar refractivity (Wildman–Crippen MR) is 54.0 cm³/mol. The average molecular weight is 208 g/mol. The van der Waals surface area contributed by atoms with Crippen LogP contribution in [0.15, 0.2) is 0 Å². The van der Waals surface area contributed by atoms with Gasteiger partial charge in [0, 0.05) is 6.54 Å². The van der Waals surface area contributed by atoms with Gasteiger partial charge in [-0.1, -0.05) is 6.42 Å². The van der Waals surface area contributed by atoms with Gasteiger partial charge < -0.3 is 4.74 Å². The highest BCUT2D eigenvalue weighted by molar-refractivity contribution is 5.69. The van der Waals surface area contributed by atoms with Crippen LogP contribution in [0.2, 0.25) is 0 Å². The zero-order chi connectivity index (χ0) is 10.8. The Bertz CT molecular complexity index is 297. The molecule has 4 nitrogen and oxygen atoms in total. The zero-order valence-electron chi connectivity index (χ0n) is 8.98. The molecule has 0 radical (unpaired) electrons. The van der Waals surface area contributed by atoms with Gasteiger partial charge in [0.2, 0.25) is 0 Å². The lowest BCUT2D eigenvalue weighted by atomic mass is 9.95. The third-order valence-corrected chi connectivity index (χ3v) is 3.53. The van der Waals surface area contributed by atoms with Crippen LogP contribution in [0.5, 0.6) is 0 Å². The lowest BCUT2D eigenvalue weighted by Crippen LogP contribution is -2.37. The van der Waals surface area contributed by atoms with Crippen molar-refractivity contribution in [3.8, 4) is 6.07 Å². The maximum Gasteiger partial charge on any atom is 0.410 e. The zero-order valence-corrected chi connectivity index (χ0v) is 8.98. The van der Waals surface area contributed by atoms with Crippen LogP contribution < -0.4 is 0 Å². The summed E-state index contributed by atoms with van der Waals surface area (Å²) >= 11 is 0. The van der Waals surface area contributed by atoms with Crippen molar-refractivity contribution in [3.05, 3.63) is 0 Å². The molecular formula is C11H16N2O2. The molecule has 0 spiro atoms. The lowest BCUT2D eigenvalue weighted by molar-refractivity contribution is 0.105. The maximum absolute atomic E-state index is 11.6. The van der Waals surface area contributed by atoms with Crippen LogP contribution in [-0.4, -0.2) is 30.2 Å². The fourth-order valence-electron chi connectivity index (χ4n) is 2.87. The monoisotopic (exact) mass is 208 g/mol. The molecule has 2 aliphatic rings. The van der Waals surface area contributed by atoms with Gasteiger partial charge in [-0.05, 0) is 31.6 Å². The summed E-state index contributed by atoms with van der Waals surface area (Å²) in [7, 11) is 0. The molecule has 2 fully saturated rings. The number of amides is 1. The first-order valence-corrected chi connectivity index (χ1v) is 5.61. The third-order valence-electron chi connectivity index (χ3n) is 3.53. The Morgan fingerprint density at radius 2 is 2.40 bits per heavy atom. The number of carbonyl (C=O) groups is 1. The molecule has 3 atom stereocenters. The number of hydrogen-bond donors (Lipinski definition) is 0. The normalized spacial score (nSPS) is 33.6. The van der Waals surface area contributed by atoms with Crippen molar-refractivity contribution in [2.45, 2.75) is 32.2 Å². The number of carbonyl (C=O) groups excluding carboxylic acids is 1. The van der Waals surface area contributed by atoms with Crippen LogP contribution in [0.1, 0.15) is 26.2 Å². The van der Waals surface area contributed by atoms with Crippen LogP contribution in [0.3, 0.4) is 0 Å². The van der Waals surface area contributed by atoms with Gasteiger partial charge >= 0.3 is 6.09 Å². The molecule has 0 N–H and O–H groups in total. The molecule has 1 amide bonds. The number of likely N-dealkylation sites (tertiary alicyclic amines) is 1. The number of ether oxygens (including phenoxy) is 1. The number of nitriles is 1. The second-order valence-electron chi connectivity index (χ2n) is 4.28. The highest BCUT2D eigenvalue weighted by atomic mass is 16.6. The van der Waals surface area contributed by atoms with E-state index in [1.54, 1.807) is 11.8 Å². The van der Waals surface area contributed by atoms with Crippen molar-refractivity contribution < 1.29 is 9.53 Å². The van der Waals surface area contributed by atoms with Gasteiger partial charge in [0.1, 0.15) is 6.04 Å². The molecule has 1 saturated heterocycles. The first kappa shape index (κ1) is 10.3. The number of nitrogens with zero attached hydrogens (tertiary/aromatic N) is 2. The molecule has 2 rings (SSSR count). The molecule has 0 unspecified atom stereocenters. The highest BCUT2D eigenvalue weighted by Gasteiger charge is 2.46. The highest BCUT2D eigenvalue weighted by Crippen LogP contribution is 2.41. The first-order valence-electron chi connectivity index (χ1n) is 5.61. The van der Waals surface area contributed by atoms with Crippen molar-refractivity contribution in [2.24, 2.45) is 11.8 Å². The summed E-state index contributed by atoms with van der Waals surface area (Å²) in [4.78, 5) is 13.2. The Hall–Kier alpha value is -1.24. The SMILES string of the molecule is CCOC(=O)N1C[C@@H]2CCC[C@H]2[C@@H]1C#N. The minimum Gasteiger partial charge on any atom is -0.450 e. The molecule has 1 aliphatic carbocycles. The summed E-state index contributed by atoms with van der Waals surface area (Å²) in [5.41, 5.74) is 0. The third kappa shape index (κ3) is 1.67. The summed E-state index contributed by atoms with van der Waals surface area (Å²) in [5, 5.41) is 9.10. The summed E-state index contributed by atoms with van der Waals surface area (Å²) in [6.07, 6.45) is 3.11. The van der Waals surface area contributed by atoms with E-state index in [4.69, 9.17) is 10.00 Å². The van der Waals surface area contributed by atoms with Gasteiger partial charge in [-0.25, -0.2) is 4.79 Å². The van der Waals surface area contributed by atoms with Crippen LogP contribution in [0.4, 0.5) is 4.79 Å². The fraction of sp³-hybridized carbons (Fsp3) is 0.818. The molecular weight excluding hydrogens is 192 g/mol. The Labute approximate surface area is 89.8 Å². The maximum atomic E-state index is 11.6. The van der Waals surface area contributed by atoms with Gasteiger partial charge in [-0.2, -0.15) is 5.26 Å². The van der Waals surface area contributed by atoms with E-state index in [1.807, 2.05) is 0 Å². The largest absolute Gasteiger partial charge is 0.450 e. The molecule has 82 valence electrons. The van der Waals surface area contributed by atoms with E-state index in [2.05, 4.69) is 6.07 Å². The predicted octanol–water partition coefficient (Wildman–Crippen LogP) is 1.77. The first-order chi connectivity index (χ1) is 7.27. The molecule has 1 heterocycles. The molecule has 0 bridgehead atoms. The quantitative estimate of drug-likeness (QED) is 0.659. The molecule has 0 aromatic heterocycles. The van der Waals surface area contributed by atoms with E-state index >= 15 is 0 Å². The van der Waals surface area contributed by atoms with Gasteiger partial charge in [-0.15, -0.1) is 0 Å². The molecule has 1 aliphatic heterocycles. The lowest BCUT2D eigenvalue weighted by Gasteiger charge is -2.21. The Balaban J connectivity index is 2.08. The van der Waals surface area contributed by atoms with Crippen LogP contribution in [0.25, 0.3) is 0 Å². The Kier molecular flexibility index (Phi) is 2.81. The molecule has 1 saturated carbocycles. The number of fused-ring (bicyclic) bond motifs is 1. The van der Waals surface area contributed by atoms with Gasteiger partial charge in [-0.3, -0.25) is 4.90 Å². The Morgan fingerprint density at radius 1 is 1.60 bits per heavy atom. The van der Waals surface area contributed by atoms with Crippen LogP contribution in [-0.2, 0) is 4.74 Å². The topological polar surface area (TPSA) is 53.3 Å². The second kappa shape index (κ2) is 4.09. The minimum absolute atomic E-state index is 0.253. The fourth-order valence-corrected chi connectivity index (χ4v) is 2.87. The summed E-state index contributed by atoms with van der Waals surface area (Å²) in [6.45, 7) is 2.88. The van der Waals surface area contributed by atoms with Crippen molar-refractivity contribution >= 4 is 6.09 Å². The van der Waals surface area contributed by atoms with Crippen molar-refractivity contribution in [2.75, 3.05) is 13.2 Å². The van der Waals surface area contributed by atoms with Crippen molar-refractivity contribution in [1.29, 1.82) is 5.26 Å². The molecule has 15 heavy (non-hydrogen) atoms.